The number of rotatable bonds is 9. The van der Waals surface area contributed by atoms with Crippen LogP contribution in [0, 0.1) is 0 Å². The molecule has 0 unspecified atom stereocenters. The Bertz CT molecular complexity index is 1460. The van der Waals surface area contributed by atoms with Gasteiger partial charge in [0.1, 0.15) is 0 Å². The SMILES string of the molecule is O=S(=O)([O][Sb]([c]1ccccc1)([c]1ccccc1)([c]1ccccc1)[c]1ccccc1)C(F)(F)C(F)(F)C(F)(F)C(F)(F)F. The quantitative estimate of drug-likeness (QED) is 0.174. The molecule has 0 fully saturated rings. The van der Waals surface area contributed by atoms with Gasteiger partial charge in [-0.05, 0) is 0 Å². The maximum atomic E-state index is 15.4. The Kier molecular flexibility index (Phi) is 8.06. The molecule has 0 radical (unpaired) electrons. The van der Waals surface area contributed by atoms with E-state index in [0.717, 1.165) is 0 Å². The fourth-order valence-electron chi connectivity index (χ4n) is 4.68. The van der Waals surface area contributed by atoms with Crippen molar-refractivity contribution < 1.29 is 50.4 Å². The summed E-state index contributed by atoms with van der Waals surface area (Å²) in [6, 6.07) is 27.4. The third-order valence-corrected chi connectivity index (χ3v) is 26.9. The van der Waals surface area contributed by atoms with Gasteiger partial charge in [0.05, 0.1) is 0 Å². The predicted octanol–water partition coefficient (Wildman–Crippen LogP) is 5.29. The average molecular weight is 729 g/mol. The number of benzene rings is 4. The van der Waals surface area contributed by atoms with E-state index in [4.69, 9.17) is 2.46 Å². The molecule has 4 aromatic rings. The molecule has 3 nitrogen and oxygen atoms in total. The molecule has 4 aromatic carbocycles. The average Bonchev–Trinajstić information content (AvgIpc) is 2.97. The van der Waals surface area contributed by atoms with Gasteiger partial charge < -0.3 is 0 Å². The van der Waals surface area contributed by atoms with Crippen molar-refractivity contribution in [3.63, 3.8) is 0 Å². The Morgan fingerprint density at radius 3 is 0.952 bits per heavy atom. The molecule has 0 saturated heterocycles. The van der Waals surface area contributed by atoms with Gasteiger partial charge in [-0.15, -0.1) is 0 Å². The summed E-state index contributed by atoms with van der Waals surface area (Å²) >= 11 is -7.00. The normalized spacial score (nSPS) is 14.6. The van der Waals surface area contributed by atoms with Crippen LogP contribution >= 0.6 is 0 Å². The van der Waals surface area contributed by atoms with Crippen molar-refractivity contribution in [2.24, 2.45) is 0 Å². The summed E-state index contributed by atoms with van der Waals surface area (Å²) < 4.78 is 159. The first kappa shape index (κ1) is 31.9. The van der Waals surface area contributed by atoms with Gasteiger partial charge in [0, 0.05) is 0 Å². The predicted molar refractivity (Wildman–Crippen MR) is 141 cm³/mol. The monoisotopic (exact) mass is 728 g/mol. The van der Waals surface area contributed by atoms with Crippen molar-refractivity contribution in [2.75, 3.05) is 0 Å². The zero-order chi connectivity index (χ0) is 31.1. The van der Waals surface area contributed by atoms with Gasteiger partial charge in [-0.2, -0.15) is 0 Å². The molecule has 0 aliphatic carbocycles. The van der Waals surface area contributed by atoms with Crippen molar-refractivity contribution in [1.82, 2.24) is 0 Å². The Hall–Kier alpha value is -3.02. The zero-order valence-corrected chi connectivity index (χ0v) is 24.4. The summed E-state index contributed by atoms with van der Waals surface area (Å²) in [5.41, 5.74) is 0. The topological polar surface area (TPSA) is 43.4 Å². The van der Waals surface area contributed by atoms with Crippen LogP contribution in [0.25, 0.3) is 0 Å². The van der Waals surface area contributed by atoms with Crippen LogP contribution in [0.1, 0.15) is 0 Å². The van der Waals surface area contributed by atoms with Crippen molar-refractivity contribution in [3.05, 3.63) is 121 Å². The molecule has 0 atom stereocenters. The molecule has 0 aromatic heterocycles. The van der Waals surface area contributed by atoms with E-state index in [9.17, 15) is 39.2 Å². The summed E-state index contributed by atoms with van der Waals surface area (Å²) in [5, 5.41) is -7.07. The second-order valence-corrected chi connectivity index (χ2v) is 23.7. The maximum absolute atomic E-state index is 15.4. The molecule has 0 amide bonds. The molecular weight excluding hydrogens is 709 g/mol. The summed E-state index contributed by atoms with van der Waals surface area (Å²) in [6.45, 7) is 0. The Morgan fingerprint density at radius 1 is 0.452 bits per heavy atom. The van der Waals surface area contributed by atoms with Crippen molar-refractivity contribution in [1.29, 1.82) is 0 Å². The van der Waals surface area contributed by atoms with E-state index in [1.165, 1.54) is 121 Å². The van der Waals surface area contributed by atoms with Crippen molar-refractivity contribution in [3.8, 4) is 0 Å². The van der Waals surface area contributed by atoms with Gasteiger partial charge in [0.25, 0.3) is 0 Å². The first-order chi connectivity index (χ1) is 19.5. The minimum atomic E-state index is -7.48. The fourth-order valence-corrected chi connectivity index (χ4v) is 26.6. The third kappa shape index (κ3) is 4.43. The molecule has 0 bridgehead atoms. The molecule has 0 heterocycles. The molecular formula is C28H20F9O3SSb. The second kappa shape index (κ2) is 10.6. The van der Waals surface area contributed by atoms with Gasteiger partial charge in [-0.25, -0.2) is 0 Å². The number of hydrogen-bond donors (Lipinski definition) is 0. The molecule has 4 rings (SSSR count). The van der Waals surface area contributed by atoms with Crippen molar-refractivity contribution >= 4 is 42.0 Å². The molecule has 0 aliphatic heterocycles. The van der Waals surface area contributed by atoms with Gasteiger partial charge in [0.2, 0.25) is 0 Å². The third-order valence-electron chi connectivity index (χ3n) is 6.67. The van der Waals surface area contributed by atoms with Crippen LogP contribution in [-0.2, 0) is 12.6 Å². The molecule has 0 spiro atoms. The molecule has 0 aliphatic rings. The van der Waals surface area contributed by atoms with Crippen LogP contribution in [-0.4, -0.2) is 49.5 Å². The van der Waals surface area contributed by atoms with Gasteiger partial charge in [0.15, 0.2) is 0 Å². The van der Waals surface area contributed by atoms with Crippen LogP contribution < -0.4 is 14.0 Å². The number of hydrogen-bond acceptors (Lipinski definition) is 3. The van der Waals surface area contributed by atoms with Gasteiger partial charge in [-0.1, -0.05) is 0 Å². The Labute approximate surface area is 236 Å². The van der Waals surface area contributed by atoms with E-state index in [0.29, 0.717) is 0 Å². The van der Waals surface area contributed by atoms with Crippen LogP contribution in [0.15, 0.2) is 121 Å². The second-order valence-electron chi connectivity index (χ2n) is 9.07. The Morgan fingerprint density at radius 2 is 0.714 bits per heavy atom. The van der Waals surface area contributed by atoms with E-state index in [1.54, 1.807) is 0 Å². The van der Waals surface area contributed by atoms with Gasteiger partial charge in [-0.3, -0.25) is 0 Å². The molecule has 42 heavy (non-hydrogen) atoms. The van der Waals surface area contributed by atoms with Gasteiger partial charge >= 0.3 is 237 Å². The van der Waals surface area contributed by atoms with Crippen LogP contribution in [0.3, 0.4) is 0 Å². The first-order valence-electron chi connectivity index (χ1n) is 11.9. The van der Waals surface area contributed by atoms with Crippen LogP contribution in [0.5, 0.6) is 0 Å². The number of alkyl halides is 9. The van der Waals surface area contributed by atoms with Crippen molar-refractivity contribution in [2.45, 2.75) is 23.3 Å². The van der Waals surface area contributed by atoms with Crippen LogP contribution in [0.4, 0.5) is 39.5 Å². The van der Waals surface area contributed by atoms with E-state index < -0.39 is 51.2 Å². The van der Waals surface area contributed by atoms with E-state index in [-0.39, 0.29) is 14.0 Å². The molecule has 224 valence electrons. The van der Waals surface area contributed by atoms with E-state index in [2.05, 4.69) is 0 Å². The zero-order valence-electron chi connectivity index (χ0n) is 21.0. The van der Waals surface area contributed by atoms with Crippen LogP contribution in [0.2, 0.25) is 0 Å². The number of halogens is 9. The summed E-state index contributed by atoms with van der Waals surface area (Å²) in [5.74, 6) is -14.9. The fraction of sp³-hybridized carbons (Fsp3) is 0.143. The Balaban J connectivity index is 2.23. The minimum absolute atomic E-state index is 0.0841. The molecule has 0 saturated carbocycles. The summed E-state index contributed by atoms with van der Waals surface area (Å²) in [7, 11) is -7.34. The first-order valence-corrected chi connectivity index (χ1v) is 19.4. The summed E-state index contributed by atoms with van der Waals surface area (Å²) in [6.07, 6.45) is -7.23. The summed E-state index contributed by atoms with van der Waals surface area (Å²) in [4.78, 5) is 0. The molecule has 14 heteroatoms. The standard InChI is InChI=1S/4C6H5.C4HF9O3S.Sb/c4*1-2-4-6-5-3-1;5-1(6,3(9,10)11)2(7,8)4(12,13)17(14,15)16;/h4*1-5H;(H,14,15,16);/q;;;;;+1/p-1. The van der Waals surface area contributed by atoms with E-state index >= 15 is 8.78 Å². The van der Waals surface area contributed by atoms with E-state index in [1.807, 2.05) is 0 Å². The molecule has 0 N–H and O–H groups in total.